The van der Waals surface area contributed by atoms with Gasteiger partial charge in [0.05, 0.1) is 11.4 Å². The first kappa shape index (κ1) is 16.4. The zero-order chi connectivity index (χ0) is 17.3. The van der Waals surface area contributed by atoms with E-state index in [4.69, 9.17) is 0 Å². The lowest BCUT2D eigenvalue weighted by Gasteiger charge is -2.35. The lowest BCUT2D eigenvalue weighted by Crippen LogP contribution is -2.34. The standard InChI is InChI=1S/C22H26N2/c1-15-12-18(4)22-21(13-15)23-10-11-24(22)19(5)17(3)14-20-9-7-6-8-16(20)2/h6-9,12-14,23H,5,10-11H2,1-4H3/b17-14+. The van der Waals surface area contributed by atoms with Crippen molar-refractivity contribution in [1.82, 2.24) is 0 Å². The summed E-state index contributed by atoms with van der Waals surface area (Å²) in [5.74, 6) is 0. The van der Waals surface area contributed by atoms with Gasteiger partial charge in [-0.25, -0.2) is 0 Å². The smallest absolute Gasteiger partial charge is 0.0676 e. The minimum absolute atomic E-state index is 0.937. The Kier molecular flexibility index (Phi) is 4.48. The number of benzene rings is 2. The highest BCUT2D eigenvalue weighted by atomic mass is 15.2. The number of hydrogen-bond donors (Lipinski definition) is 1. The molecule has 2 nitrogen and oxygen atoms in total. The number of aryl methyl sites for hydroxylation is 3. The molecule has 0 atom stereocenters. The molecule has 2 aromatic rings. The summed E-state index contributed by atoms with van der Waals surface area (Å²) in [6, 6.07) is 12.9. The van der Waals surface area contributed by atoms with Crippen LogP contribution in [0.15, 0.2) is 54.2 Å². The molecule has 1 aliphatic heterocycles. The third-order valence-electron chi connectivity index (χ3n) is 4.71. The van der Waals surface area contributed by atoms with E-state index in [1.807, 2.05) is 0 Å². The van der Waals surface area contributed by atoms with E-state index in [1.54, 1.807) is 0 Å². The molecule has 1 heterocycles. The van der Waals surface area contributed by atoms with Gasteiger partial charge in [-0.1, -0.05) is 36.9 Å². The van der Waals surface area contributed by atoms with E-state index in [9.17, 15) is 0 Å². The number of fused-ring (bicyclic) bond motifs is 1. The molecule has 0 fully saturated rings. The summed E-state index contributed by atoms with van der Waals surface area (Å²) in [5.41, 5.74) is 9.88. The zero-order valence-electron chi connectivity index (χ0n) is 15.1. The highest BCUT2D eigenvalue weighted by Crippen LogP contribution is 2.37. The number of allylic oxidation sites excluding steroid dienone is 1. The van der Waals surface area contributed by atoms with Crippen molar-refractivity contribution in [2.45, 2.75) is 27.7 Å². The second-order valence-electron chi connectivity index (χ2n) is 6.69. The maximum atomic E-state index is 4.40. The zero-order valence-corrected chi connectivity index (χ0v) is 15.1. The van der Waals surface area contributed by atoms with Crippen molar-refractivity contribution < 1.29 is 0 Å². The molecule has 0 spiro atoms. The topological polar surface area (TPSA) is 15.3 Å². The molecule has 0 aromatic heterocycles. The molecule has 0 saturated heterocycles. The molecule has 3 rings (SSSR count). The number of nitrogens with one attached hydrogen (secondary N) is 1. The fourth-order valence-electron chi connectivity index (χ4n) is 3.42. The van der Waals surface area contributed by atoms with Crippen LogP contribution in [-0.4, -0.2) is 13.1 Å². The van der Waals surface area contributed by atoms with Crippen LogP contribution in [0.2, 0.25) is 0 Å². The van der Waals surface area contributed by atoms with E-state index < -0.39 is 0 Å². The molecule has 0 aliphatic carbocycles. The second-order valence-corrected chi connectivity index (χ2v) is 6.69. The molecule has 1 N–H and O–H groups in total. The van der Waals surface area contributed by atoms with Crippen LogP contribution in [0.25, 0.3) is 6.08 Å². The lowest BCUT2D eigenvalue weighted by atomic mass is 10.0. The maximum absolute atomic E-state index is 4.40. The molecular weight excluding hydrogens is 292 g/mol. The van der Waals surface area contributed by atoms with E-state index >= 15 is 0 Å². The van der Waals surface area contributed by atoms with Crippen molar-refractivity contribution >= 4 is 17.5 Å². The van der Waals surface area contributed by atoms with Crippen LogP contribution in [-0.2, 0) is 0 Å². The second kappa shape index (κ2) is 6.56. The van der Waals surface area contributed by atoms with Gasteiger partial charge in [0.15, 0.2) is 0 Å². The summed E-state index contributed by atoms with van der Waals surface area (Å²) in [4.78, 5) is 2.35. The molecule has 2 heteroatoms. The van der Waals surface area contributed by atoms with Crippen molar-refractivity contribution in [3.63, 3.8) is 0 Å². The van der Waals surface area contributed by atoms with Gasteiger partial charge in [0.2, 0.25) is 0 Å². The molecular formula is C22H26N2. The van der Waals surface area contributed by atoms with Gasteiger partial charge < -0.3 is 10.2 Å². The number of nitrogens with zero attached hydrogens (tertiary/aromatic N) is 1. The highest BCUT2D eigenvalue weighted by molar-refractivity contribution is 5.80. The monoisotopic (exact) mass is 318 g/mol. The largest absolute Gasteiger partial charge is 0.382 e. The molecule has 24 heavy (non-hydrogen) atoms. The van der Waals surface area contributed by atoms with Gasteiger partial charge in [-0.15, -0.1) is 0 Å². The molecule has 0 bridgehead atoms. The van der Waals surface area contributed by atoms with Gasteiger partial charge in [-0.3, -0.25) is 0 Å². The van der Waals surface area contributed by atoms with Gasteiger partial charge in [0.1, 0.15) is 0 Å². The van der Waals surface area contributed by atoms with E-state index in [0.717, 1.165) is 18.8 Å². The van der Waals surface area contributed by atoms with Crippen LogP contribution < -0.4 is 10.2 Å². The molecule has 0 amide bonds. The van der Waals surface area contributed by atoms with E-state index in [2.05, 4.69) is 87.0 Å². The Labute approximate surface area is 145 Å². The molecule has 124 valence electrons. The fourth-order valence-corrected chi connectivity index (χ4v) is 3.42. The lowest BCUT2D eigenvalue weighted by molar-refractivity contribution is 0.883. The SMILES string of the molecule is C=C(/C(C)=C/c1ccccc1C)N1CCNc2cc(C)cc(C)c21. The Morgan fingerprint density at radius 3 is 2.62 bits per heavy atom. The first-order valence-electron chi connectivity index (χ1n) is 8.53. The van der Waals surface area contributed by atoms with Crippen molar-refractivity contribution in [2.75, 3.05) is 23.3 Å². The van der Waals surface area contributed by atoms with E-state index in [0.29, 0.717) is 0 Å². The molecule has 0 unspecified atom stereocenters. The van der Waals surface area contributed by atoms with Crippen LogP contribution >= 0.6 is 0 Å². The highest BCUT2D eigenvalue weighted by Gasteiger charge is 2.21. The van der Waals surface area contributed by atoms with Gasteiger partial charge in [-0.05, 0) is 67.7 Å². The van der Waals surface area contributed by atoms with Gasteiger partial charge in [-0.2, -0.15) is 0 Å². The molecule has 0 radical (unpaired) electrons. The summed E-state index contributed by atoms with van der Waals surface area (Å²) < 4.78 is 0. The average Bonchev–Trinajstić information content (AvgIpc) is 2.55. The van der Waals surface area contributed by atoms with Crippen LogP contribution in [0, 0.1) is 20.8 Å². The predicted octanol–water partition coefficient (Wildman–Crippen LogP) is 5.46. The summed E-state index contributed by atoms with van der Waals surface area (Å²) in [6.07, 6.45) is 2.24. The Morgan fingerprint density at radius 2 is 1.88 bits per heavy atom. The quantitative estimate of drug-likeness (QED) is 0.756. The molecule has 1 aliphatic rings. The predicted molar refractivity (Wildman–Crippen MR) is 106 cm³/mol. The Morgan fingerprint density at radius 1 is 1.12 bits per heavy atom. The summed E-state index contributed by atoms with van der Waals surface area (Å²) in [5, 5.41) is 3.52. The summed E-state index contributed by atoms with van der Waals surface area (Å²) in [6.45, 7) is 14.9. The van der Waals surface area contributed by atoms with Crippen molar-refractivity contribution in [1.29, 1.82) is 0 Å². The molecule has 0 saturated carbocycles. The minimum Gasteiger partial charge on any atom is -0.382 e. The van der Waals surface area contributed by atoms with Crippen molar-refractivity contribution in [2.24, 2.45) is 0 Å². The first-order chi connectivity index (χ1) is 11.5. The normalized spacial score (nSPS) is 14.2. The minimum atomic E-state index is 0.937. The van der Waals surface area contributed by atoms with Gasteiger partial charge in [0.25, 0.3) is 0 Å². The van der Waals surface area contributed by atoms with E-state index in [1.165, 1.54) is 39.2 Å². The fraction of sp³-hybridized carbons (Fsp3) is 0.273. The molecule has 2 aromatic carbocycles. The first-order valence-corrected chi connectivity index (χ1v) is 8.53. The van der Waals surface area contributed by atoms with Crippen molar-refractivity contribution in [3.8, 4) is 0 Å². The Hall–Kier alpha value is -2.48. The van der Waals surface area contributed by atoms with Gasteiger partial charge in [0, 0.05) is 18.8 Å². The third kappa shape index (κ3) is 3.09. The Bertz CT molecular complexity index is 815. The van der Waals surface area contributed by atoms with Crippen LogP contribution in [0.3, 0.4) is 0 Å². The summed E-state index contributed by atoms with van der Waals surface area (Å²) >= 11 is 0. The van der Waals surface area contributed by atoms with Gasteiger partial charge >= 0.3 is 0 Å². The van der Waals surface area contributed by atoms with Crippen LogP contribution in [0.4, 0.5) is 11.4 Å². The average molecular weight is 318 g/mol. The maximum Gasteiger partial charge on any atom is 0.0676 e. The van der Waals surface area contributed by atoms with Crippen LogP contribution in [0.5, 0.6) is 0 Å². The third-order valence-corrected chi connectivity index (χ3v) is 4.71. The van der Waals surface area contributed by atoms with Crippen LogP contribution in [0.1, 0.15) is 29.2 Å². The number of hydrogen-bond acceptors (Lipinski definition) is 2. The van der Waals surface area contributed by atoms with Crippen molar-refractivity contribution in [3.05, 3.63) is 76.5 Å². The Balaban J connectivity index is 1.96. The summed E-state index contributed by atoms with van der Waals surface area (Å²) in [7, 11) is 0. The van der Waals surface area contributed by atoms with E-state index in [-0.39, 0.29) is 0 Å². The number of rotatable bonds is 3. The number of anilines is 2.